The quantitative estimate of drug-likeness (QED) is 0.502. The van der Waals surface area contributed by atoms with Gasteiger partial charge in [-0.3, -0.25) is 4.79 Å². The fourth-order valence-corrected chi connectivity index (χ4v) is 4.26. The van der Waals surface area contributed by atoms with Gasteiger partial charge in [0.25, 0.3) is 5.91 Å². The number of hydrogen-bond donors (Lipinski definition) is 2. The Kier molecular flexibility index (Phi) is 8.59. The van der Waals surface area contributed by atoms with Gasteiger partial charge in [0.2, 0.25) is 5.95 Å². The molecule has 0 bridgehead atoms. The highest BCUT2D eigenvalue weighted by Gasteiger charge is 2.16. The summed E-state index contributed by atoms with van der Waals surface area (Å²) in [7, 11) is 4.04. The Morgan fingerprint density at radius 1 is 1.11 bits per heavy atom. The fourth-order valence-electron chi connectivity index (χ4n) is 4.26. The van der Waals surface area contributed by atoms with E-state index in [1.807, 2.05) is 18.1 Å². The number of likely N-dealkylation sites (N-methyl/N-ethyl adjacent to an activating group) is 1. The van der Waals surface area contributed by atoms with Crippen molar-refractivity contribution >= 4 is 29.0 Å². The Labute approximate surface area is 218 Å². The zero-order chi connectivity index (χ0) is 26.2. The average Bonchev–Trinajstić information content (AvgIpc) is 3.07. The SMILES string of the molecule is CCc1cc(N2CCN(C)CC2)ccc1Nc1ncc(C#N)c(NCCCN2C=CN(C)C=CC2=O)n1. The number of aromatic nitrogens is 2. The van der Waals surface area contributed by atoms with Crippen LogP contribution in [0.4, 0.5) is 23.1 Å². The Morgan fingerprint density at radius 2 is 1.92 bits per heavy atom. The molecule has 194 valence electrons. The molecule has 37 heavy (non-hydrogen) atoms. The van der Waals surface area contributed by atoms with Crippen LogP contribution in [0.2, 0.25) is 0 Å². The number of benzene rings is 1. The summed E-state index contributed by atoms with van der Waals surface area (Å²) in [6.07, 6.45) is 9.99. The largest absolute Gasteiger partial charge is 0.369 e. The third-order valence-corrected chi connectivity index (χ3v) is 6.58. The normalized spacial score (nSPS) is 16.1. The molecule has 0 spiro atoms. The summed E-state index contributed by atoms with van der Waals surface area (Å²) in [4.78, 5) is 29.4. The molecular formula is C27H35N9O. The standard InChI is InChI=1S/C27H35N9O/c1-4-21-18-23(35-15-12-34(3)13-16-35)6-7-24(21)31-27-30-20-22(19-28)26(32-27)29-9-5-10-36-17-14-33(2)11-8-25(36)37/h6-8,11,14,17-18,20H,4-5,9-10,12-13,15-16H2,1-3H3,(H2,29,30,31,32). The monoisotopic (exact) mass is 501 g/mol. The molecule has 3 heterocycles. The van der Waals surface area contributed by atoms with Gasteiger partial charge in [0.15, 0.2) is 0 Å². The molecule has 2 aromatic rings. The van der Waals surface area contributed by atoms with Gasteiger partial charge in [-0.2, -0.15) is 10.2 Å². The minimum Gasteiger partial charge on any atom is -0.369 e. The van der Waals surface area contributed by atoms with Crippen LogP contribution < -0.4 is 15.5 Å². The summed E-state index contributed by atoms with van der Waals surface area (Å²) < 4.78 is 0. The first-order valence-electron chi connectivity index (χ1n) is 12.7. The number of nitrogens with one attached hydrogen (secondary N) is 2. The van der Waals surface area contributed by atoms with Crippen LogP contribution in [0.5, 0.6) is 0 Å². The van der Waals surface area contributed by atoms with Gasteiger partial charge in [0.05, 0.1) is 6.20 Å². The van der Waals surface area contributed by atoms with Crippen LogP contribution in [0.15, 0.2) is 49.1 Å². The summed E-state index contributed by atoms with van der Waals surface area (Å²) in [5.41, 5.74) is 3.76. The smallest absolute Gasteiger partial charge is 0.252 e. The molecule has 4 rings (SSSR count). The number of carbonyl (C=O) groups is 1. The molecule has 0 unspecified atom stereocenters. The minimum atomic E-state index is -0.0581. The van der Waals surface area contributed by atoms with Gasteiger partial charge in [-0.05, 0) is 43.7 Å². The van der Waals surface area contributed by atoms with E-state index in [4.69, 9.17) is 0 Å². The van der Waals surface area contributed by atoms with E-state index >= 15 is 0 Å². The van der Waals surface area contributed by atoms with Crippen LogP contribution in [-0.2, 0) is 11.2 Å². The van der Waals surface area contributed by atoms with Gasteiger partial charge in [-0.15, -0.1) is 0 Å². The highest BCUT2D eigenvalue weighted by Crippen LogP contribution is 2.27. The van der Waals surface area contributed by atoms with Crippen LogP contribution in [0, 0.1) is 11.3 Å². The van der Waals surface area contributed by atoms with Crippen molar-refractivity contribution in [1.82, 2.24) is 24.7 Å². The van der Waals surface area contributed by atoms with Crippen molar-refractivity contribution in [3.63, 3.8) is 0 Å². The first-order valence-corrected chi connectivity index (χ1v) is 12.7. The van der Waals surface area contributed by atoms with Crippen molar-refractivity contribution < 1.29 is 4.79 Å². The highest BCUT2D eigenvalue weighted by molar-refractivity contribution is 5.88. The molecule has 1 aromatic heterocycles. The maximum absolute atomic E-state index is 12.2. The van der Waals surface area contributed by atoms with Crippen LogP contribution in [0.3, 0.4) is 0 Å². The number of hydrogen-bond acceptors (Lipinski definition) is 9. The average molecular weight is 502 g/mol. The summed E-state index contributed by atoms with van der Waals surface area (Å²) in [5.74, 6) is 0.851. The van der Waals surface area contributed by atoms with E-state index in [0.717, 1.165) is 38.3 Å². The van der Waals surface area contributed by atoms with E-state index in [2.05, 4.69) is 68.6 Å². The third-order valence-electron chi connectivity index (χ3n) is 6.58. The predicted molar refractivity (Wildman–Crippen MR) is 146 cm³/mol. The molecule has 0 aliphatic carbocycles. The van der Waals surface area contributed by atoms with Gasteiger partial charge >= 0.3 is 0 Å². The lowest BCUT2D eigenvalue weighted by Gasteiger charge is -2.34. The van der Waals surface area contributed by atoms with E-state index in [1.165, 1.54) is 17.4 Å². The summed E-state index contributed by atoms with van der Waals surface area (Å²) in [6.45, 7) is 7.43. The molecule has 10 heteroatoms. The van der Waals surface area contributed by atoms with Crippen LogP contribution >= 0.6 is 0 Å². The molecule has 2 N–H and O–H groups in total. The van der Waals surface area contributed by atoms with E-state index in [-0.39, 0.29) is 5.91 Å². The first-order chi connectivity index (χ1) is 18.0. The zero-order valence-electron chi connectivity index (χ0n) is 21.8. The Hall–Kier alpha value is -4.10. The molecule has 1 aromatic carbocycles. The minimum absolute atomic E-state index is 0.0581. The third kappa shape index (κ3) is 6.77. The van der Waals surface area contributed by atoms with E-state index in [0.29, 0.717) is 36.8 Å². The van der Waals surface area contributed by atoms with Crippen molar-refractivity contribution in [2.45, 2.75) is 19.8 Å². The van der Waals surface area contributed by atoms with Crippen LogP contribution in [-0.4, -0.2) is 83.9 Å². The zero-order valence-corrected chi connectivity index (χ0v) is 21.8. The van der Waals surface area contributed by atoms with E-state index < -0.39 is 0 Å². The number of rotatable bonds is 9. The summed E-state index contributed by atoms with van der Waals surface area (Å²) in [5, 5.41) is 16.1. The second-order valence-electron chi connectivity index (χ2n) is 9.27. The number of nitrogens with zero attached hydrogens (tertiary/aromatic N) is 7. The van der Waals surface area contributed by atoms with Crippen molar-refractivity contribution in [2.24, 2.45) is 0 Å². The van der Waals surface area contributed by atoms with E-state index in [9.17, 15) is 10.1 Å². The van der Waals surface area contributed by atoms with Gasteiger partial charge < -0.3 is 30.2 Å². The molecule has 2 aliphatic rings. The molecule has 1 saturated heterocycles. The summed E-state index contributed by atoms with van der Waals surface area (Å²) in [6, 6.07) is 8.61. The predicted octanol–water partition coefficient (Wildman–Crippen LogP) is 2.97. The van der Waals surface area contributed by atoms with Gasteiger partial charge in [-0.25, -0.2) is 4.98 Å². The topological polar surface area (TPSA) is 104 Å². The molecular weight excluding hydrogens is 466 g/mol. The number of nitriles is 1. The molecule has 10 nitrogen and oxygen atoms in total. The lowest BCUT2D eigenvalue weighted by Crippen LogP contribution is -2.44. The van der Waals surface area contributed by atoms with Gasteiger partial charge in [0.1, 0.15) is 17.5 Å². The van der Waals surface area contributed by atoms with Crippen molar-refractivity contribution in [3.05, 3.63) is 60.2 Å². The van der Waals surface area contributed by atoms with Crippen molar-refractivity contribution in [1.29, 1.82) is 5.26 Å². The second kappa shape index (κ2) is 12.2. The number of amides is 1. The lowest BCUT2D eigenvalue weighted by atomic mass is 10.1. The van der Waals surface area contributed by atoms with Crippen LogP contribution in [0.25, 0.3) is 0 Å². The summed E-state index contributed by atoms with van der Waals surface area (Å²) >= 11 is 0. The fraction of sp³-hybridized carbons (Fsp3) is 0.407. The number of carbonyl (C=O) groups excluding carboxylic acids is 1. The molecule has 1 amide bonds. The number of anilines is 4. The number of piperazine rings is 1. The van der Waals surface area contributed by atoms with Crippen LogP contribution in [0.1, 0.15) is 24.5 Å². The Morgan fingerprint density at radius 3 is 2.68 bits per heavy atom. The van der Waals surface area contributed by atoms with Crippen molar-refractivity contribution in [3.8, 4) is 6.07 Å². The number of aryl methyl sites for hydroxylation is 1. The highest BCUT2D eigenvalue weighted by atomic mass is 16.2. The maximum Gasteiger partial charge on any atom is 0.252 e. The molecule has 1 fully saturated rings. The van der Waals surface area contributed by atoms with Gasteiger partial charge in [0, 0.05) is 82.4 Å². The maximum atomic E-state index is 12.2. The first kappa shape index (κ1) is 26.0. The Bertz CT molecular complexity index is 1190. The molecule has 2 aliphatic heterocycles. The van der Waals surface area contributed by atoms with Gasteiger partial charge in [-0.1, -0.05) is 6.92 Å². The molecule has 0 atom stereocenters. The van der Waals surface area contributed by atoms with Crippen molar-refractivity contribution in [2.75, 3.05) is 68.9 Å². The molecule has 0 radical (unpaired) electrons. The second-order valence-corrected chi connectivity index (χ2v) is 9.27. The van der Waals surface area contributed by atoms with E-state index in [1.54, 1.807) is 23.4 Å². The lowest BCUT2D eigenvalue weighted by molar-refractivity contribution is -0.123. The Balaban J connectivity index is 1.39. The molecule has 0 saturated carbocycles.